The van der Waals surface area contributed by atoms with Crippen molar-refractivity contribution in [2.24, 2.45) is 0 Å². The van der Waals surface area contributed by atoms with Gasteiger partial charge in [-0.1, -0.05) is 32.0 Å². The van der Waals surface area contributed by atoms with E-state index in [-0.39, 0.29) is 5.92 Å². The van der Waals surface area contributed by atoms with Gasteiger partial charge in [-0.15, -0.1) is 0 Å². The number of ketones is 1. The van der Waals surface area contributed by atoms with Crippen LogP contribution in [0.15, 0.2) is 24.4 Å². The van der Waals surface area contributed by atoms with Crippen molar-refractivity contribution in [1.82, 2.24) is 4.98 Å². The Morgan fingerprint density at radius 2 is 2.18 bits per heavy atom. The molecule has 1 heterocycles. The minimum atomic E-state index is 0.290. The number of para-hydroxylation sites is 1. The van der Waals surface area contributed by atoms with Crippen LogP contribution in [-0.4, -0.2) is 10.8 Å². The second-order valence-electron chi connectivity index (χ2n) is 4.74. The van der Waals surface area contributed by atoms with Crippen LogP contribution in [0.4, 0.5) is 0 Å². The number of aromatic amines is 1. The summed E-state index contributed by atoms with van der Waals surface area (Å²) in [5, 5.41) is 1.25. The first-order valence-corrected chi connectivity index (χ1v) is 6.21. The highest BCUT2D eigenvalue weighted by Crippen LogP contribution is 2.29. The quantitative estimate of drug-likeness (QED) is 0.846. The summed E-state index contributed by atoms with van der Waals surface area (Å²) in [6.45, 7) is 6.15. The molecule has 1 aromatic carbocycles. The zero-order valence-corrected chi connectivity index (χ0v) is 10.7. The third kappa shape index (κ3) is 2.26. The predicted molar refractivity (Wildman–Crippen MR) is 71.4 cm³/mol. The van der Waals surface area contributed by atoms with Gasteiger partial charge in [0.25, 0.3) is 0 Å². The molecule has 2 nitrogen and oxygen atoms in total. The molecule has 0 aliphatic heterocycles. The Hall–Kier alpha value is -1.57. The van der Waals surface area contributed by atoms with Crippen molar-refractivity contribution in [2.75, 3.05) is 0 Å². The molecule has 0 aliphatic rings. The molecule has 1 unspecified atom stereocenters. The molecule has 0 bridgehead atoms. The van der Waals surface area contributed by atoms with Gasteiger partial charge in [0.05, 0.1) is 0 Å². The number of rotatable bonds is 4. The van der Waals surface area contributed by atoms with E-state index in [1.807, 2.05) is 13.1 Å². The summed E-state index contributed by atoms with van der Waals surface area (Å²) in [5.41, 5.74) is 3.70. The van der Waals surface area contributed by atoms with Crippen molar-refractivity contribution in [3.05, 3.63) is 35.5 Å². The monoisotopic (exact) mass is 229 g/mol. The molecule has 0 fully saturated rings. The summed E-state index contributed by atoms with van der Waals surface area (Å²) in [6.07, 6.45) is 3.31. The first-order valence-electron chi connectivity index (χ1n) is 6.21. The zero-order valence-electron chi connectivity index (χ0n) is 10.7. The van der Waals surface area contributed by atoms with E-state index in [9.17, 15) is 4.79 Å². The Morgan fingerprint density at radius 1 is 1.41 bits per heavy atom. The molecule has 17 heavy (non-hydrogen) atoms. The van der Waals surface area contributed by atoms with Crippen LogP contribution in [0.5, 0.6) is 0 Å². The van der Waals surface area contributed by atoms with Gasteiger partial charge in [-0.05, 0) is 24.0 Å². The van der Waals surface area contributed by atoms with Crippen molar-refractivity contribution >= 4 is 16.7 Å². The van der Waals surface area contributed by atoms with E-state index in [1.54, 1.807) is 0 Å². The minimum Gasteiger partial charge on any atom is -0.361 e. The number of carbonyl (C=O) groups is 1. The largest absolute Gasteiger partial charge is 0.361 e. The Bertz CT molecular complexity index is 539. The van der Waals surface area contributed by atoms with Crippen molar-refractivity contribution in [1.29, 1.82) is 0 Å². The number of benzene rings is 1. The Morgan fingerprint density at radius 3 is 2.88 bits per heavy atom. The Kier molecular flexibility index (Phi) is 3.32. The highest BCUT2D eigenvalue weighted by molar-refractivity contribution is 5.87. The standard InChI is InChI=1S/C15H19NO/c1-4-12(17)8-11(3)14-9-16-15-10(2)6-5-7-13(14)15/h5-7,9,11,16H,4,8H2,1-3H3. The Labute approximate surface area is 102 Å². The van der Waals surface area contributed by atoms with Crippen molar-refractivity contribution in [3.8, 4) is 0 Å². The van der Waals surface area contributed by atoms with Gasteiger partial charge in [-0.25, -0.2) is 0 Å². The third-order valence-electron chi connectivity index (χ3n) is 3.41. The fraction of sp³-hybridized carbons (Fsp3) is 0.400. The van der Waals surface area contributed by atoms with Crippen molar-refractivity contribution < 1.29 is 4.79 Å². The van der Waals surface area contributed by atoms with Crippen LogP contribution in [0.3, 0.4) is 0 Å². The van der Waals surface area contributed by atoms with Crippen LogP contribution in [0.2, 0.25) is 0 Å². The predicted octanol–water partition coefficient (Wildman–Crippen LogP) is 3.95. The number of fused-ring (bicyclic) bond motifs is 1. The van der Waals surface area contributed by atoms with Gasteiger partial charge < -0.3 is 4.98 Å². The zero-order chi connectivity index (χ0) is 12.4. The van der Waals surface area contributed by atoms with E-state index in [2.05, 4.69) is 37.0 Å². The number of hydrogen-bond donors (Lipinski definition) is 1. The summed E-state index contributed by atoms with van der Waals surface area (Å²) >= 11 is 0. The van der Waals surface area contributed by atoms with Crippen molar-refractivity contribution in [2.45, 2.75) is 39.5 Å². The number of carbonyl (C=O) groups excluding carboxylic acids is 1. The molecule has 0 saturated heterocycles. The molecule has 0 saturated carbocycles. The van der Waals surface area contributed by atoms with Crippen LogP contribution in [0.1, 0.15) is 43.7 Å². The second-order valence-corrected chi connectivity index (χ2v) is 4.74. The van der Waals surface area contributed by atoms with Crippen LogP contribution < -0.4 is 0 Å². The maximum atomic E-state index is 11.5. The van der Waals surface area contributed by atoms with Gasteiger partial charge in [-0.2, -0.15) is 0 Å². The first kappa shape index (κ1) is 11.9. The normalized spacial score (nSPS) is 12.9. The molecule has 1 atom stereocenters. The molecule has 2 rings (SSSR count). The first-order chi connectivity index (χ1) is 8.13. The third-order valence-corrected chi connectivity index (χ3v) is 3.41. The van der Waals surface area contributed by atoms with E-state index < -0.39 is 0 Å². The van der Waals surface area contributed by atoms with Crippen molar-refractivity contribution in [3.63, 3.8) is 0 Å². The van der Waals surface area contributed by atoms with Gasteiger partial charge in [0, 0.05) is 29.9 Å². The van der Waals surface area contributed by atoms with E-state index in [4.69, 9.17) is 0 Å². The molecule has 1 N–H and O–H groups in total. The van der Waals surface area contributed by atoms with E-state index in [1.165, 1.54) is 22.0 Å². The second kappa shape index (κ2) is 4.74. The van der Waals surface area contributed by atoms with Crippen LogP contribution >= 0.6 is 0 Å². The van der Waals surface area contributed by atoms with Gasteiger partial charge in [0.15, 0.2) is 0 Å². The number of hydrogen-bond acceptors (Lipinski definition) is 1. The fourth-order valence-electron chi connectivity index (χ4n) is 2.33. The number of H-pyrrole nitrogens is 1. The molecule has 1 aromatic heterocycles. The average molecular weight is 229 g/mol. The average Bonchev–Trinajstić information content (AvgIpc) is 2.74. The highest BCUT2D eigenvalue weighted by Gasteiger charge is 2.14. The maximum absolute atomic E-state index is 11.5. The lowest BCUT2D eigenvalue weighted by Crippen LogP contribution is -2.02. The Balaban J connectivity index is 2.36. The lowest BCUT2D eigenvalue weighted by atomic mass is 9.94. The summed E-state index contributed by atoms with van der Waals surface area (Å²) < 4.78 is 0. The summed E-state index contributed by atoms with van der Waals surface area (Å²) in [7, 11) is 0. The van der Waals surface area contributed by atoms with E-state index in [0.29, 0.717) is 18.6 Å². The fourth-order valence-corrected chi connectivity index (χ4v) is 2.33. The van der Waals surface area contributed by atoms with Crippen LogP contribution in [0.25, 0.3) is 10.9 Å². The van der Waals surface area contributed by atoms with E-state index in [0.717, 1.165) is 0 Å². The molecule has 0 spiro atoms. The molecule has 0 radical (unpaired) electrons. The number of nitrogens with one attached hydrogen (secondary N) is 1. The molecule has 0 amide bonds. The molecular formula is C15H19NO. The summed E-state index contributed by atoms with van der Waals surface area (Å²) in [4.78, 5) is 14.8. The molecule has 2 aromatic rings. The molecule has 2 heteroatoms. The van der Waals surface area contributed by atoms with Crippen LogP contribution in [-0.2, 0) is 4.79 Å². The molecule has 90 valence electrons. The topological polar surface area (TPSA) is 32.9 Å². The number of aryl methyl sites for hydroxylation is 1. The van der Waals surface area contributed by atoms with Gasteiger partial charge in [0.1, 0.15) is 5.78 Å². The minimum absolute atomic E-state index is 0.290. The summed E-state index contributed by atoms with van der Waals surface area (Å²) in [6, 6.07) is 6.30. The van der Waals surface area contributed by atoms with Crippen LogP contribution in [0, 0.1) is 6.92 Å². The SMILES string of the molecule is CCC(=O)CC(C)c1c[nH]c2c(C)cccc12. The van der Waals surface area contributed by atoms with Gasteiger partial charge >= 0.3 is 0 Å². The molecular weight excluding hydrogens is 210 g/mol. The van der Waals surface area contributed by atoms with Gasteiger partial charge in [0.2, 0.25) is 0 Å². The number of aromatic nitrogens is 1. The highest BCUT2D eigenvalue weighted by atomic mass is 16.1. The lowest BCUT2D eigenvalue weighted by molar-refractivity contribution is -0.119. The smallest absolute Gasteiger partial charge is 0.133 e. The molecule has 0 aliphatic carbocycles. The number of Topliss-reactive ketones (excluding diaryl/α,β-unsaturated/α-hetero) is 1. The van der Waals surface area contributed by atoms with Gasteiger partial charge in [-0.3, -0.25) is 4.79 Å². The maximum Gasteiger partial charge on any atom is 0.133 e. The van der Waals surface area contributed by atoms with E-state index >= 15 is 0 Å². The lowest BCUT2D eigenvalue weighted by Gasteiger charge is -2.09. The summed E-state index contributed by atoms with van der Waals surface area (Å²) in [5.74, 6) is 0.623.